The van der Waals surface area contributed by atoms with E-state index >= 15 is 0 Å². The van der Waals surface area contributed by atoms with Gasteiger partial charge in [-0.25, -0.2) is 0 Å². The zero-order valence-corrected chi connectivity index (χ0v) is 5.84. The molecule has 5 N–H and O–H groups in total. The molecule has 1 atom stereocenters. The molecule has 11 heavy (non-hydrogen) atoms. The Morgan fingerprint density at radius 1 is 1.64 bits per heavy atom. The van der Waals surface area contributed by atoms with E-state index in [4.69, 9.17) is 20.9 Å². The Hall–Kier alpha value is -0.845. The van der Waals surface area contributed by atoms with Crippen molar-refractivity contribution in [3.8, 4) is 0 Å². The lowest BCUT2D eigenvalue weighted by Crippen LogP contribution is -2.29. The molecule has 0 aliphatic carbocycles. The molecule has 0 aromatic heterocycles. The number of carboxylic acid groups (broad SMARTS) is 1. The van der Waals surface area contributed by atoms with Crippen LogP contribution in [0.1, 0.15) is 6.42 Å². The zero-order valence-electron chi connectivity index (χ0n) is 5.84. The van der Waals surface area contributed by atoms with Crippen molar-refractivity contribution >= 4 is 13.1 Å². The van der Waals surface area contributed by atoms with Gasteiger partial charge < -0.3 is 20.9 Å². The fraction of sp³-hybridized carbons (Fsp3) is 0.400. The fourth-order valence-electron chi connectivity index (χ4n) is 0.448. The maximum Gasteiger partial charge on any atom is 0.480 e. The van der Waals surface area contributed by atoms with E-state index in [1.165, 1.54) is 6.08 Å². The standard InChI is InChI=1S/C5H10BNO4/c7-4(5(8)9)2-1-3-6(10)11/h1,3-4,10-11H,2,7H2,(H,8,9)/b3-1+/t4-/m0/s1. The number of hydrogen-bond acceptors (Lipinski definition) is 4. The van der Waals surface area contributed by atoms with Crippen molar-refractivity contribution in [1.82, 2.24) is 0 Å². The van der Waals surface area contributed by atoms with Crippen LogP contribution in [-0.4, -0.2) is 34.3 Å². The monoisotopic (exact) mass is 159 g/mol. The lowest BCUT2D eigenvalue weighted by Gasteiger charge is -1.99. The summed E-state index contributed by atoms with van der Waals surface area (Å²) in [4.78, 5) is 10.1. The molecule has 5 nitrogen and oxygen atoms in total. The predicted octanol–water partition coefficient (Wildman–Crippen LogP) is -1.64. The van der Waals surface area contributed by atoms with E-state index < -0.39 is 19.1 Å². The highest BCUT2D eigenvalue weighted by molar-refractivity contribution is 6.47. The van der Waals surface area contributed by atoms with Gasteiger partial charge in [0.2, 0.25) is 0 Å². The molecule has 0 aliphatic heterocycles. The third kappa shape index (κ3) is 5.59. The quantitative estimate of drug-likeness (QED) is 0.368. The van der Waals surface area contributed by atoms with Gasteiger partial charge in [0.15, 0.2) is 0 Å². The van der Waals surface area contributed by atoms with Crippen LogP contribution in [0.4, 0.5) is 0 Å². The number of nitrogens with two attached hydrogens (primary N) is 1. The summed E-state index contributed by atoms with van der Waals surface area (Å²) in [5.74, 6) is -0.0509. The second-order valence-electron chi connectivity index (χ2n) is 2.02. The van der Waals surface area contributed by atoms with Gasteiger partial charge in [-0.15, -0.1) is 0 Å². The number of carbonyl (C=O) groups is 1. The van der Waals surface area contributed by atoms with Crippen molar-refractivity contribution in [2.45, 2.75) is 12.5 Å². The van der Waals surface area contributed by atoms with Gasteiger partial charge in [0.1, 0.15) is 6.04 Å². The molecule has 0 spiro atoms. The van der Waals surface area contributed by atoms with Gasteiger partial charge in [0, 0.05) is 0 Å². The number of aliphatic carboxylic acids is 1. The number of rotatable bonds is 4. The van der Waals surface area contributed by atoms with E-state index in [9.17, 15) is 4.79 Å². The highest BCUT2D eigenvalue weighted by Gasteiger charge is 2.08. The lowest BCUT2D eigenvalue weighted by atomic mass is 9.91. The van der Waals surface area contributed by atoms with Crippen molar-refractivity contribution < 1.29 is 19.9 Å². The molecule has 0 saturated carbocycles. The molecular formula is C5H10BNO4. The summed E-state index contributed by atoms with van der Waals surface area (Å²) >= 11 is 0. The van der Waals surface area contributed by atoms with E-state index in [2.05, 4.69) is 0 Å². The first-order chi connectivity index (χ1) is 5.04. The molecule has 0 aliphatic rings. The van der Waals surface area contributed by atoms with E-state index in [0.717, 1.165) is 5.98 Å². The molecule has 0 aromatic rings. The van der Waals surface area contributed by atoms with Gasteiger partial charge in [-0.2, -0.15) is 0 Å². The Bertz CT molecular complexity index is 159. The number of hydrogen-bond donors (Lipinski definition) is 4. The summed E-state index contributed by atoms with van der Waals surface area (Å²) in [6.07, 6.45) is 1.40. The van der Waals surface area contributed by atoms with Crippen LogP contribution in [0.5, 0.6) is 0 Å². The molecule has 6 heteroatoms. The van der Waals surface area contributed by atoms with Gasteiger partial charge in [0.25, 0.3) is 0 Å². The summed E-state index contributed by atoms with van der Waals surface area (Å²) in [6.45, 7) is 0. The van der Waals surface area contributed by atoms with Crippen LogP contribution in [0.3, 0.4) is 0 Å². The highest BCUT2D eigenvalue weighted by atomic mass is 16.4. The molecule has 0 heterocycles. The molecule has 0 rings (SSSR count). The fourth-order valence-corrected chi connectivity index (χ4v) is 0.448. The molecule has 0 fully saturated rings. The van der Waals surface area contributed by atoms with Crippen LogP contribution in [-0.2, 0) is 4.79 Å². The molecule has 0 unspecified atom stereocenters. The third-order valence-corrected chi connectivity index (χ3v) is 1.02. The first kappa shape index (κ1) is 10.2. The minimum Gasteiger partial charge on any atom is -0.480 e. The first-order valence-electron chi connectivity index (χ1n) is 3.05. The van der Waals surface area contributed by atoms with Crippen LogP contribution < -0.4 is 5.73 Å². The SMILES string of the molecule is N[C@@H](C/C=C/B(O)O)C(=O)O. The molecule has 0 amide bonds. The summed E-state index contributed by atoms with van der Waals surface area (Å²) in [6, 6.07) is -0.981. The minimum absolute atomic E-state index is 0.0902. The van der Waals surface area contributed by atoms with Crippen molar-refractivity contribution in [1.29, 1.82) is 0 Å². The largest absolute Gasteiger partial charge is 0.480 e. The molecule has 0 bridgehead atoms. The number of carboxylic acids is 1. The van der Waals surface area contributed by atoms with E-state index in [1.54, 1.807) is 0 Å². The van der Waals surface area contributed by atoms with E-state index in [-0.39, 0.29) is 6.42 Å². The van der Waals surface area contributed by atoms with Gasteiger partial charge >= 0.3 is 13.1 Å². The Morgan fingerprint density at radius 2 is 2.18 bits per heavy atom. The first-order valence-corrected chi connectivity index (χ1v) is 3.05. The Labute approximate surface area is 64.3 Å². The average molecular weight is 159 g/mol. The third-order valence-electron chi connectivity index (χ3n) is 1.02. The summed E-state index contributed by atoms with van der Waals surface area (Å²) < 4.78 is 0. The zero-order chi connectivity index (χ0) is 8.85. The highest BCUT2D eigenvalue weighted by Crippen LogP contribution is 1.90. The summed E-state index contributed by atoms with van der Waals surface area (Å²) in [5, 5.41) is 24.8. The maximum atomic E-state index is 10.1. The van der Waals surface area contributed by atoms with Crippen molar-refractivity contribution in [2.24, 2.45) is 5.73 Å². The normalized spacial score (nSPS) is 13.4. The molecule has 62 valence electrons. The van der Waals surface area contributed by atoms with Crippen molar-refractivity contribution in [3.63, 3.8) is 0 Å². The van der Waals surface area contributed by atoms with Crippen molar-refractivity contribution in [2.75, 3.05) is 0 Å². The van der Waals surface area contributed by atoms with Crippen LogP contribution in [0.15, 0.2) is 12.1 Å². The minimum atomic E-state index is -1.55. The Kier molecular flexibility index (Phi) is 4.52. The van der Waals surface area contributed by atoms with Gasteiger partial charge in [-0.1, -0.05) is 12.1 Å². The van der Waals surface area contributed by atoms with Gasteiger partial charge in [-0.3, -0.25) is 4.79 Å². The smallest absolute Gasteiger partial charge is 0.480 e. The second-order valence-corrected chi connectivity index (χ2v) is 2.02. The average Bonchev–Trinajstić information content (AvgIpc) is 1.86. The topological polar surface area (TPSA) is 104 Å². The van der Waals surface area contributed by atoms with Crippen LogP contribution in [0.25, 0.3) is 0 Å². The lowest BCUT2D eigenvalue weighted by molar-refractivity contribution is -0.138. The van der Waals surface area contributed by atoms with Crippen LogP contribution in [0.2, 0.25) is 0 Å². The Morgan fingerprint density at radius 3 is 2.55 bits per heavy atom. The second kappa shape index (κ2) is 4.89. The maximum absolute atomic E-state index is 10.1. The summed E-state index contributed by atoms with van der Waals surface area (Å²) in [7, 11) is -1.55. The molecule has 0 saturated heterocycles. The Balaban J connectivity index is 3.61. The van der Waals surface area contributed by atoms with Crippen LogP contribution >= 0.6 is 0 Å². The van der Waals surface area contributed by atoms with E-state index in [0.29, 0.717) is 0 Å². The predicted molar refractivity (Wildman–Crippen MR) is 39.6 cm³/mol. The van der Waals surface area contributed by atoms with Crippen molar-refractivity contribution in [3.05, 3.63) is 12.1 Å². The molecule has 0 aromatic carbocycles. The van der Waals surface area contributed by atoms with Gasteiger partial charge in [-0.05, 0) is 6.42 Å². The summed E-state index contributed by atoms with van der Waals surface area (Å²) in [5.41, 5.74) is 5.09. The molecular weight excluding hydrogens is 149 g/mol. The van der Waals surface area contributed by atoms with Gasteiger partial charge in [0.05, 0.1) is 0 Å². The van der Waals surface area contributed by atoms with Crippen LogP contribution in [0, 0.1) is 0 Å². The molecule has 0 radical (unpaired) electrons. The van der Waals surface area contributed by atoms with E-state index in [1.807, 2.05) is 0 Å².